The molecule has 6 nitrogen and oxygen atoms in total. The lowest BCUT2D eigenvalue weighted by atomic mass is 10.3. The number of hydrogen-bond donors (Lipinski definition) is 2. The first-order valence-corrected chi connectivity index (χ1v) is 10.5. The van der Waals surface area contributed by atoms with Crippen molar-refractivity contribution in [1.82, 2.24) is 25.4 Å². The summed E-state index contributed by atoms with van der Waals surface area (Å²) in [5.41, 5.74) is 3.13. The van der Waals surface area contributed by atoms with Gasteiger partial charge in [0.1, 0.15) is 0 Å². The predicted octanol–water partition coefficient (Wildman–Crippen LogP) is 3.90. The lowest BCUT2D eigenvalue weighted by Gasteiger charge is -2.10. The lowest BCUT2D eigenvalue weighted by molar-refractivity contribution is 0.795. The number of nitrogens with zero attached hydrogens (tertiary/aromatic N) is 4. The molecule has 0 saturated carbocycles. The fourth-order valence-corrected chi connectivity index (χ4v) is 3.68. The van der Waals surface area contributed by atoms with Crippen LogP contribution in [0.25, 0.3) is 5.69 Å². The summed E-state index contributed by atoms with van der Waals surface area (Å²) in [6.45, 7) is 8.38. The number of aliphatic imine (C=N–C) groups is 1. The van der Waals surface area contributed by atoms with Crippen LogP contribution in [0, 0.1) is 13.8 Å². The van der Waals surface area contributed by atoms with Crippen LogP contribution in [-0.2, 0) is 13.0 Å². The Hall–Kier alpha value is -2.38. The molecule has 0 atom stereocenters. The molecule has 3 aromatic rings. The summed E-state index contributed by atoms with van der Waals surface area (Å²) in [6.07, 6.45) is 4.71. The molecule has 0 amide bonds. The van der Waals surface area contributed by atoms with Crippen LogP contribution >= 0.6 is 22.9 Å². The average Bonchev–Trinajstić information content (AvgIpc) is 3.27. The van der Waals surface area contributed by atoms with E-state index in [0.717, 1.165) is 47.4 Å². The van der Waals surface area contributed by atoms with E-state index < -0.39 is 0 Å². The predicted molar refractivity (Wildman–Crippen MR) is 117 cm³/mol. The summed E-state index contributed by atoms with van der Waals surface area (Å²) in [7, 11) is 0. The molecule has 8 heteroatoms. The molecule has 0 spiro atoms. The summed E-state index contributed by atoms with van der Waals surface area (Å²) in [5.74, 6) is 0.798. The minimum atomic E-state index is 0.554. The fourth-order valence-electron chi connectivity index (χ4n) is 2.62. The van der Waals surface area contributed by atoms with Gasteiger partial charge in [-0.25, -0.2) is 14.7 Å². The van der Waals surface area contributed by atoms with E-state index >= 15 is 0 Å². The second-order valence-electron chi connectivity index (χ2n) is 6.39. The van der Waals surface area contributed by atoms with Crippen molar-refractivity contribution in [3.63, 3.8) is 0 Å². The van der Waals surface area contributed by atoms with Crippen molar-refractivity contribution in [3.8, 4) is 5.69 Å². The second kappa shape index (κ2) is 9.71. The van der Waals surface area contributed by atoms with Crippen molar-refractivity contribution >= 4 is 28.9 Å². The van der Waals surface area contributed by atoms with E-state index in [2.05, 4.69) is 46.5 Å². The minimum Gasteiger partial charge on any atom is -0.357 e. The van der Waals surface area contributed by atoms with E-state index in [-0.39, 0.29) is 0 Å². The molecule has 148 valence electrons. The van der Waals surface area contributed by atoms with Crippen molar-refractivity contribution in [1.29, 1.82) is 0 Å². The number of nitrogens with one attached hydrogen (secondary N) is 2. The zero-order chi connectivity index (χ0) is 19.9. The zero-order valence-electron chi connectivity index (χ0n) is 16.4. The monoisotopic (exact) mass is 416 g/mol. The summed E-state index contributed by atoms with van der Waals surface area (Å²) in [5, 5.41) is 12.9. The van der Waals surface area contributed by atoms with Gasteiger partial charge in [0, 0.05) is 41.2 Å². The first-order chi connectivity index (χ1) is 13.5. The van der Waals surface area contributed by atoms with Gasteiger partial charge in [-0.05, 0) is 45.0 Å². The number of rotatable bonds is 7. The van der Waals surface area contributed by atoms with E-state index in [9.17, 15) is 0 Å². The molecule has 3 rings (SSSR count). The van der Waals surface area contributed by atoms with Crippen molar-refractivity contribution in [2.75, 3.05) is 13.1 Å². The number of aromatic nitrogens is 3. The molecule has 0 radical (unpaired) electrons. The number of halogens is 1. The van der Waals surface area contributed by atoms with E-state index in [0.29, 0.717) is 11.6 Å². The van der Waals surface area contributed by atoms with Crippen molar-refractivity contribution in [2.45, 2.75) is 33.7 Å². The van der Waals surface area contributed by atoms with Crippen molar-refractivity contribution in [2.24, 2.45) is 4.99 Å². The summed E-state index contributed by atoms with van der Waals surface area (Å²) in [6, 6.07) is 7.59. The number of thiazole rings is 1. The standard InChI is InChI=1S/C20H25ClN6S/c1-4-22-20(23-10-9-19-26-14(2)15(3)28-19)24-11-16-12-25-27(13-16)18-7-5-17(21)6-8-18/h5-8,12-13H,4,9-11H2,1-3H3,(H2,22,23,24). The molecule has 0 fully saturated rings. The largest absolute Gasteiger partial charge is 0.357 e. The summed E-state index contributed by atoms with van der Waals surface area (Å²) < 4.78 is 1.83. The highest BCUT2D eigenvalue weighted by Gasteiger charge is 2.05. The van der Waals surface area contributed by atoms with E-state index in [1.165, 1.54) is 4.88 Å². The molecule has 0 saturated heterocycles. The van der Waals surface area contributed by atoms with Crippen molar-refractivity contribution < 1.29 is 0 Å². The number of benzene rings is 1. The fraction of sp³-hybridized carbons (Fsp3) is 0.350. The Morgan fingerprint density at radius 2 is 2.00 bits per heavy atom. The molecule has 2 aromatic heterocycles. The zero-order valence-corrected chi connectivity index (χ0v) is 17.9. The third-order valence-electron chi connectivity index (χ3n) is 4.20. The Bertz CT molecular complexity index is 909. The molecule has 1 aromatic carbocycles. The smallest absolute Gasteiger partial charge is 0.191 e. The Morgan fingerprint density at radius 3 is 2.68 bits per heavy atom. The lowest BCUT2D eigenvalue weighted by Crippen LogP contribution is -2.38. The van der Waals surface area contributed by atoms with Crippen molar-refractivity contribution in [3.05, 3.63) is 62.8 Å². The normalized spacial score (nSPS) is 11.6. The van der Waals surface area contributed by atoms with Crippen LogP contribution in [0.3, 0.4) is 0 Å². The molecule has 2 heterocycles. The molecule has 28 heavy (non-hydrogen) atoms. The van der Waals surface area contributed by atoms with Gasteiger partial charge in [-0.1, -0.05) is 11.6 Å². The third-order valence-corrected chi connectivity index (χ3v) is 5.58. The molecule has 0 aliphatic carbocycles. The van der Waals surface area contributed by atoms with Crippen LogP contribution in [-0.4, -0.2) is 33.8 Å². The number of guanidine groups is 1. The Kier molecular flexibility index (Phi) is 7.06. The Balaban J connectivity index is 1.57. The quantitative estimate of drug-likeness (QED) is 0.453. The van der Waals surface area contributed by atoms with Gasteiger partial charge in [0.15, 0.2) is 5.96 Å². The number of aryl methyl sites for hydroxylation is 2. The minimum absolute atomic E-state index is 0.554. The summed E-state index contributed by atoms with van der Waals surface area (Å²) in [4.78, 5) is 10.5. The topological polar surface area (TPSA) is 67.1 Å². The van der Waals surface area contributed by atoms with Gasteiger partial charge in [-0.2, -0.15) is 5.10 Å². The van der Waals surface area contributed by atoms with Crippen LogP contribution < -0.4 is 10.6 Å². The second-order valence-corrected chi connectivity index (χ2v) is 8.11. The molecule has 0 aliphatic heterocycles. The first-order valence-electron chi connectivity index (χ1n) is 9.29. The van der Waals surface area contributed by atoms with E-state index in [4.69, 9.17) is 11.6 Å². The van der Waals surface area contributed by atoms with Gasteiger partial charge in [0.25, 0.3) is 0 Å². The van der Waals surface area contributed by atoms with Gasteiger partial charge in [0.2, 0.25) is 0 Å². The maximum atomic E-state index is 5.94. The molecule has 2 N–H and O–H groups in total. The SMILES string of the molecule is CCNC(=NCc1cnn(-c2ccc(Cl)cc2)c1)NCCc1nc(C)c(C)s1. The van der Waals surface area contributed by atoms with Gasteiger partial charge in [0.05, 0.1) is 29.1 Å². The maximum absolute atomic E-state index is 5.94. The van der Waals surface area contributed by atoms with Gasteiger partial charge in [-0.15, -0.1) is 11.3 Å². The summed E-state index contributed by atoms with van der Waals surface area (Å²) >= 11 is 7.70. The molecular weight excluding hydrogens is 392 g/mol. The third kappa shape index (κ3) is 5.56. The maximum Gasteiger partial charge on any atom is 0.191 e. The first kappa shape index (κ1) is 20.4. The number of hydrogen-bond acceptors (Lipinski definition) is 4. The van der Waals surface area contributed by atoms with Crippen LogP contribution in [0.15, 0.2) is 41.7 Å². The highest BCUT2D eigenvalue weighted by molar-refractivity contribution is 7.11. The molecular formula is C20H25ClN6S. The van der Waals surface area contributed by atoms with Gasteiger partial charge in [-0.3, -0.25) is 0 Å². The Labute approximate surface area is 174 Å². The van der Waals surface area contributed by atoms with E-state index in [1.807, 2.05) is 41.3 Å². The highest BCUT2D eigenvalue weighted by atomic mass is 35.5. The van der Waals surface area contributed by atoms with Gasteiger partial charge < -0.3 is 10.6 Å². The van der Waals surface area contributed by atoms with Gasteiger partial charge >= 0.3 is 0 Å². The molecule has 0 bridgehead atoms. The van der Waals surface area contributed by atoms with Crippen LogP contribution in [0.2, 0.25) is 5.02 Å². The van der Waals surface area contributed by atoms with Crippen LogP contribution in [0.5, 0.6) is 0 Å². The highest BCUT2D eigenvalue weighted by Crippen LogP contribution is 2.16. The van der Waals surface area contributed by atoms with Crippen LogP contribution in [0.1, 0.15) is 28.1 Å². The molecule has 0 unspecified atom stereocenters. The van der Waals surface area contributed by atoms with Crippen LogP contribution in [0.4, 0.5) is 0 Å². The van der Waals surface area contributed by atoms with E-state index in [1.54, 1.807) is 11.3 Å². The molecule has 0 aliphatic rings. The Morgan fingerprint density at radius 1 is 1.21 bits per heavy atom. The average molecular weight is 417 g/mol.